The highest BCUT2D eigenvalue weighted by atomic mass is 16.5. The third-order valence-electron chi connectivity index (χ3n) is 3.93. The number of piperidine rings is 1. The zero-order valence-electron chi connectivity index (χ0n) is 12.9. The maximum Gasteiger partial charge on any atom is 0.204 e. The highest BCUT2D eigenvalue weighted by Crippen LogP contribution is 2.34. The van der Waals surface area contributed by atoms with Gasteiger partial charge in [0, 0.05) is 19.6 Å². The van der Waals surface area contributed by atoms with Crippen LogP contribution in [0.2, 0.25) is 0 Å². The van der Waals surface area contributed by atoms with E-state index in [0.29, 0.717) is 0 Å². The van der Waals surface area contributed by atoms with Gasteiger partial charge in [-0.05, 0) is 25.2 Å². The molecule has 0 radical (unpaired) electrons. The van der Waals surface area contributed by atoms with Crippen molar-refractivity contribution in [1.29, 1.82) is 0 Å². The summed E-state index contributed by atoms with van der Waals surface area (Å²) in [7, 11) is 1.70. The van der Waals surface area contributed by atoms with Crippen molar-refractivity contribution >= 4 is 11.6 Å². The minimum atomic E-state index is 0.760. The Morgan fingerprint density at radius 2 is 2.25 bits per heavy atom. The van der Waals surface area contributed by atoms with Crippen LogP contribution in [0.15, 0.2) is 6.33 Å². The first kappa shape index (κ1) is 14.9. The van der Waals surface area contributed by atoms with Gasteiger partial charge in [0.1, 0.15) is 6.33 Å². The lowest BCUT2D eigenvalue weighted by atomic mass is 9.96. The predicted octanol–water partition coefficient (Wildman–Crippen LogP) is 2.93. The molecule has 0 amide bonds. The summed E-state index contributed by atoms with van der Waals surface area (Å²) in [5.41, 5.74) is 0. The van der Waals surface area contributed by atoms with E-state index in [1.165, 1.54) is 19.3 Å². The number of nitrogens with zero attached hydrogens (tertiary/aromatic N) is 3. The molecule has 0 aromatic carbocycles. The van der Waals surface area contributed by atoms with Gasteiger partial charge in [-0.2, -0.15) is 0 Å². The van der Waals surface area contributed by atoms with E-state index in [-0.39, 0.29) is 0 Å². The van der Waals surface area contributed by atoms with E-state index < -0.39 is 0 Å². The normalized spacial score (nSPS) is 18.9. The van der Waals surface area contributed by atoms with E-state index in [1.807, 2.05) is 0 Å². The molecule has 0 aliphatic carbocycles. The lowest BCUT2D eigenvalue weighted by Gasteiger charge is -2.34. The van der Waals surface area contributed by atoms with Crippen LogP contribution >= 0.6 is 0 Å². The number of ether oxygens (including phenoxy) is 1. The molecule has 2 rings (SSSR count). The SMILES string of the molecule is CCCNc1ncnc(N2CCCC(CC)C2)c1OC. The molecular formula is C15H26N4O. The van der Waals surface area contributed by atoms with Crippen LogP contribution in [-0.2, 0) is 0 Å². The molecule has 20 heavy (non-hydrogen) atoms. The summed E-state index contributed by atoms with van der Waals surface area (Å²) in [5.74, 6) is 3.27. The quantitative estimate of drug-likeness (QED) is 0.867. The fourth-order valence-electron chi connectivity index (χ4n) is 2.74. The molecule has 1 aliphatic heterocycles. The Morgan fingerprint density at radius 1 is 1.40 bits per heavy atom. The van der Waals surface area contributed by atoms with E-state index in [2.05, 4.69) is 34.0 Å². The summed E-state index contributed by atoms with van der Waals surface area (Å²) in [4.78, 5) is 11.1. The molecule has 1 aromatic heterocycles. The summed E-state index contributed by atoms with van der Waals surface area (Å²) in [6, 6.07) is 0. The number of hydrogen-bond acceptors (Lipinski definition) is 5. The van der Waals surface area contributed by atoms with Crippen molar-refractivity contribution < 1.29 is 4.74 Å². The van der Waals surface area contributed by atoms with Gasteiger partial charge in [-0.15, -0.1) is 0 Å². The second kappa shape index (κ2) is 7.31. The maximum absolute atomic E-state index is 5.57. The van der Waals surface area contributed by atoms with E-state index in [9.17, 15) is 0 Å². The molecule has 0 saturated carbocycles. The summed E-state index contributed by atoms with van der Waals surface area (Å²) in [5, 5.41) is 3.32. The van der Waals surface area contributed by atoms with Crippen LogP contribution in [0.25, 0.3) is 0 Å². The molecule has 1 unspecified atom stereocenters. The second-order valence-corrected chi connectivity index (χ2v) is 5.37. The number of methoxy groups -OCH3 is 1. The third kappa shape index (κ3) is 3.32. The number of rotatable bonds is 6. The van der Waals surface area contributed by atoms with Crippen LogP contribution in [0, 0.1) is 5.92 Å². The molecule has 112 valence electrons. The van der Waals surface area contributed by atoms with Gasteiger partial charge in [-0.3, -0.25) is 0 Å². The minimum absolute atomic E-state index is 0.760. The van der Waals surface area contributed by atoms with Gasteiger partial charge in [0.05, 0.1) is 7.11 Å². The van der Waals surface area contributed by atoms with Gasteiger partial charge in [0.25, 0.3) is 0 Å². The van der Waals surface area contributed by atoms with E-state index in [1.54, 1.807) is 13.4 Å². The van der Waals surface area contributed by atoms with Crippen LogP contribution in [0.4, 0.5) is 11.6 Å². The van der Waals surface area contributed by atoms with Crippen molar-refractivity contribution in [3.05, 3.63) is 6.33 Å². The van der Waals surface area contributed by atoms with Crippen LogP contribution in [-0.4, -0.2) is 36.7 Å². The first-order valence-electron chi connectivity index (χ1n) is 7.67. The summed E-state index contributed by atoms with van der Waals surface area (Å²) in [6.07, 6.45) is 6.46. The first-order chi connectivity index (χ1) is 9.80. The zero-order chi connectivity index (χ0) is 14.4. The van der Waals surface area contributed by atoms with Crippen LogP contribution < -0.4 is 15.0 Å². The molecular weight excluding hydrogens is 252 g/mol. The summed E-state index contributed by atoms with van der Waals surface area (Å²) >= 11 is 0. The average Bonchev–Trinajstić information content (AvgIpc) is 2.52. The highest BCUT2D eigenvalue weighted by molar-refractivity contribution is 5.64. The largest absolute Gasteiger partial charge is 0.490 e. The smallest absolute Gasteiger partial charge is 0.204 e. The Balaban J connectivity index is 2.21. The highest BCUT2D eigenvalue weighted by Gasteiger charge is 2.23. The van der Waals surface area contributed by atoms with Crippen molar-refractivity contribution in [1.82, 2.24) is 9.97 Å². The Bertz CT molecular complexity index is 424. The molecule has 1 N–H and O–H groups in total. The molecule has 1 atom stereocenters. The van der Waals surface area contributed by atoms with Gasteiger partial charge in [0.15, 0.2) is 11.6 Å². The van der Waals surface area contributed by atoms with Crippen molar-refractivity contribution in [2.24, 2.45) is 5.92 Å². The van der Waals surface area contributed by atoms with E-state index in [0.717, 1.165) is 49.4 Å². The van der Waals surface area contributed by atoms with Gasteiger partial charge in [-0.25, -0.2) is 9.97 Å². The number of anilines is 2. The summed E-state index contributed by atoms with van der Waals surface area (Å²) in [6.45, 7) is 7.41. The van der Waals surface area contributed by atoms with Crippen LogP contribution in [0.3, 0.4) is 0 Å². The van der Waals surface area contributed by atoms with Crippen LogP contribution in [0.1, 0.15) is 39.5 Å². The zero-order valence-corrected chi connectivity index (χ0v) is 12.9. The molecule has 0 spiro atoms. The second-order valence-electron chi connectivity index (χ2n) is 5.37. The molecule has 1 saturated heterocycles. The first-order valence-corrected chi connectivity index (χ1v) is 7.67. The van der Waals surface area contributed by atoms with Crippen LogP contribution in [0.5, 0.6) is 5.75 Å². The molecule has 1 aliphatic rings. The average molecular weight is 278 g/mol. The molecule has 1 fully saturated rings. The predicted molar refractivity (Wildman–Crippen MR) is 82.6 cm³/mol. The fourth-order valence-corrected chi connectivity index (χ4v) is 2.74. The van der Waals surface area contributed by atoms with Crippen molar-refractivity contribution in [3.8, 4) is 5.75 Å². The van der Waals surface area contributed by atoms with E-state index >= 15 is 0 Å². The van der Waals surface area contributed by atoms with E-state index in [4.69, 9.17) is 4.74 Å². The third-order valence-corrected chi connectivity index (χ3v) is 3.93. The molecule has 1 aromatic rings. The maximum atomic E-state index is 5.57. The Kier molecular flexibility index (Phi) is 5.44. The molecule has 5 nitrogen and oxygen atoms in total. The van der Waals surface area contributed by atoms with Gasteiger partial charge >= 0.3 is 0 Å². The Hall–Kier alpha value is -1.52. The monoisotopic (exact) mass is 278 g/mol. The van der Waals surface area contributed by atoms with Gasteiger partial charge in [-0.1, -0.05) is 20.3 Å². The number of hydrogen-bond donors (Lipinski definition) is 1. The summed E-state index contributed by atoms with van der Waals surface area (Å²) < 4.78 is 5.57. The Labute approximate surface area is 121 Å². The van der Waals surface area contributed by atoms with Crippen molar-refractivity contribution in [2.45, 2.75) is 39.5 Å². The minimum Gasteiger partial charge on any atom is -0.490 e. The molecule has 2 heterocycles. The molecule has 0 bridgehead atoms. The Morgan fingerprint density at radius 3 is 2.95 bits per heavy atom. The molecule has 5 heteroatoms. The van der Waals surface area contributed by atoms with Gasteiger partial charge < -0.3 is 15.0 Å². The van der Waals surface area contributed by atoms with Crippen molar-refractivity contribution in [3.63, 3.8) is 0 Å². The standard InChI is InChI=1S/C15H26N4O/c1-4-8-16-14-13(20-3)15(18-11-17-14)19-9-6-7-12(5-2)10-19/h11-12H,4-10H2,1-3H3,(H,16,17,18). The lowest BCUT2D eigenvalue weighted by molar-refractivity contribution is 0.386. The topological polar surface area (TPSA) is 50.3 Å². The van der Waals surface area contributed by atoms with Gasteiger partial charge in [0.2, 0.25) is 5.75 Å². The lowest BCUT2D eigenvalue weighted by Crippen LogP contribution is -2.36. The number of aromatic nitrogens is 2. The van der Waals surface area contributed by atoms with Crippen molar-refractivity contribution in [2.75, 3.05) is 37.0 Å². The number of nitrogens with one attached hydrogen (secondary N) is 1. The fraction of sp³-hybridized carbons (Fsp3) is 0.733.